The van der Waals surface area contributed by atoms with Crippen LogP contribution in [0.2, 0.25) is 0 Å². The summed E-state index contributed by atoms with van der Waals surface area (Å²) in [4.78, 5) is 36.1. The van der Waals surface area contributed by atoms with E-state index >= 15 is 8.78 Å². The van der Waals surface area contributed by atoms with Crippen molar-refractivity contribution in [3.8, 4) is 0 Å². The zero-order valence-electron chi connectivity index (χ0n) is 18.7. The molecule has 4 aliphatic rings. The number of hydrogen-bond donors (Lipinski definition) is 2. The minimum atomic E-state index is -2.27. The first-order chi connectivity index (χ1) is 14.7. The smallest absolute Gasteiger partial charge is 0.303 e. The van der Waals surface area contributed by atoms with Gasteiger partial charge in [-0.1, -0.05) is 19.9 Å². The highest BCUT2D eigenvalue weighted by Crippen LogP contribution is 2.70. The SMILES string of the molecule is CC(=O)OCC(=O)[C@@]1(O)[C@H](C)C[C@H]2[C@@H]3C[C@H](F)C4=CC(=O)C=C[C@]4(C)[C@@]3(F)[C@H](O)C[C@@]21C. The maximum absolute atomic E-state index is 17.0. The first kappa shape index (κ1) is 23.2. The molecule has 4 rings (SSSR count). The highest BCUT2D eigenvalue weighted by molar-refractivity contribution is 6.01. The minimum Gasteiger partial charge on any atom is -0.458 e. The maximum Gasteiger partial charge on any atom is 0.303 e. The fourth-order valence-corrected chi connectivity index (χ4v) is 7.41. The van der Waals surface area contributed by atoms with Crippen molar-refractivity contribution in [2.24, 2.45) is 28.6 Å². The van der Waals surface area contributed by atoms with E-state index in [1.165, 1.54) is 19.1 Å². The summed E-state index contributed by atoms with van der Waals surface area (Å²) in [6, 6.07) is 0. The fourth-order valence-electron chi connectivity index (χ4n) is 7.41. The van der Waals surface area contributed by atoms with Crippen LogP contribution in [0.3, 0.4) is 0 Å². The number of ether oxygens (including phenoxy) is 1. The minimum absolute atomic E-state index is 0.0265. The van der Waals surface area contributed by atoms with E-state index in [2.05, 4.69) is 0 Å². The van der Waals surface area contributed by atoms with Crippen molar-refractivity contribution in [1.82, 2.24) is 0 Å². The van der Waals surface area contributed by atoms with E-state index in [0.717, 1.165) is 13.0 Å². The lowest BCUT2D eigenvalue weighted by Gasteiger charge is -2.63. The van der Waals surface area contributed by atoms with Gasteiger partial charge < -0.3 is 14.9 Å². The monoisotopic (exact) mass is 452 g/mol. The van der Waals surface area contributed by atoms with E-state index in [-0.39, 0.29) is 24.8 Å². The van der Waals surface area contributed by atoms with Crippen LogP contribution in [0.15, 0.2) is 23.8 Å². The van der Waals surface area contributed by atoms with Gasteiger partial charge in [0, 0.05) is 23.7 Å². The van der Waals surface area contributed by atoms with Gasteiger partial charge in [0.15, 0.2) is 18.1 Å². The molecule has 0 radical (unpaired) electrons. The molecule has 0 aromatic carbocycles. The molecular weight excluding hydrogens is 422 g/mol. The zero-order valence-corrected chi connectivity index (χ0v) is 18.7. The topological polar surface area (TPSA) is 101 Å². The average Bonchev–Trinajstić information content (AvgIpc) is 2.91. The molecule has 3 saturated carbocycles. The first-order valence-electron chi connectivity index (χ1n) is 11.1. The Labute approximate surface area is 185 Å². The standard InChI is InChI=1S/C24H30F2O6/c1-12-7-15-16-9-18(25)17-8-14(28)5-6-21(17,3)23(16,26)19(29)10-22(15,4)24(12,31)20(30)11-32-13(2)27/h5-6,8,12,15-16,18-19,29,31H,7,9-11H2,1-4H3/t12-,15+,16+,18+,19-,21+,22+,23+,24+/m1/s1. The number of hydrogen-bond acceptors (Lipinski definition) is 6. The van der Waals surface area contributed by atoms with E-state index in [1.54, 1.807) is 13.8 Å². The van der Waals surface area contributed by atoms with Crippen molar-refractivity contribution in [2.75, 3.05) is 6.61 Å². The Bertz CT molecular complexity index is 945. The van der Waals surface area contributed by atoms with E-state index in [1.807, 2.05) is 0 Å². The van der Waals surface area contributed by atoms with Crippen LogP contribution in [0.25, 0.3) is 0 Å². The van der Waals surface area contributed by atoms with Gasteiger partial charge in [0.2, 0.25) is 5.78 Å². The summed E-state index contributed by atoms with van der Waals surface area (Å²) in [5, 5.41) is 22.8. The lowest BCUT2D eigenvalue weighted by atomic mass is 9.44. The molecule has 2 N–H and O–H groups in total. The Morgan fingerprint density at radius 3 is 2.53 bits per heavy atom. The molecule has 32 heavy (non-hydrogen) atoms. The number of esters is 1. The molecule has 0 saturated heterocycles. The Kier molecular flexibility index (Phi) is 5.11. The number of fused-ring (bicyclic) bond motifs is 5. The molecule has 8 heteroatoms. The summed E-state index contributed by atoms with van der Waals surface area (Å²) in [6.07, 6.45) is 0.271. The molecule has 0 unspecified atom stereocenters. The molecule has 0 amide bonds. The van der Waals surface area contributed by atoms with Crippen LogP contribution in [0.5, 0.6) is 0 Å². The average molecular weight is 452 g/mol. The Morgan fingerprint density at radius 2 is 1.91 bits per heavy atom. The second kappa shape index (κ2) is 7.03. The van der Waals surface area contributed by atoms with E-state index in [9.17, 15) is 24.6 Å². The zero-order chi connectivity index (χ0) is 23.9. The quantitative estimate of drug-likeness (QED) is 0.638. The van der Waals surface area contributed by atoms with Gasteiger partial charge >= 0.3 is 5.97 Å². The lowest BCUT2D eigenvalue weighted by molar-refractivity contribution is -0.224. The van der Waals surface area contributed by atoms with Gasteiger partial charge in [-0.3, -0.25) is 14.4 Å². The largest absolute Gasteiger partial charge is 0.458 e. The molecule has 0 aliphatic heterocycles. The number of Topliss-reactive ketones (excluding diaryl/α,β-unsaturated/α-hetero) is 1. The second-order valence-corrected chi connectivity index (χ2v) is 10.5. The van der Waals surface area contributed by atoms with Gasteiger partial charge in [-0.05, 0) is 55.7 Å². The van der Waals surface area contributed by atoms with Gasteiger partial charge in [-0.15, -0.1) is 0 Å². The predicted molar refractivity (Wildman–Crippen MR) is 110 cm³/mol. The number of allylic oxidation sites excluding steroid dienone is 4. The molecule has 9 atom stereocenters. The normalized spacial score (nSPS) is 49.6. The molecule has 0 heterocycles. The number of rotatable bonds is 3. The van der Waals surface area contributed by atoms with Gasteiger partial charge in [0.1, 0.15) is 11.8 Å². The first-order valence-corrected chi connectivity index (χ1v) is 11.1. The molecular formula is C24H30F2O6. The number of ketones is 2. The summed E-state index contributed by atoms with van der Waals surface area (Å²) in [6.45, 7) is 5.34. The molecule has 0 aromatic rings. The molecule has 0 bridgehead atoms. The van der Waals surface area contributed by atoms with Crippen LogP contribution < -0.4 is 0 Å². The van der Waals surface area contributed by atoms with Gasteiger partial charge in [-0.25, -0.2) is 8.78 Å². The molecule has 6 nitrogen and oxygen atoms in total. The third-order valence-corrected chi connectivity index (χ3v) is 9.04. The summed E-state index contributed by atoms with van der Waals surface area (Å²) in [5.74, 6) is -3.98. The molecule has 0 spiro atoms. The van der Waals surface area contributed by atoms with Crippen LogP contribution in [0, 0.1) is 28.6 Å². The van der Waals surface area contributed by atoms with Crippen molar-refractivity contribution in [3.05, 3.63) is 23.8 Å². The van der Waals surface area contributed by atoms with Crippen LogP contribution in [0.1, 0.15) is 47.0 Å². The van der Waals surface area contributed by atoms with Crippen LogP contribution >= 0.6 is 0 Å². The molecule has 3 fully saturated rings. The highest BCUT2D eigenvalue weighted by atomic mass is 19.1. The lowest BCUT2D eigenvalue weighted by Crippen LogP contribution is -2.70. The summed E-state index contributed by atoms with van der Waals surface area (Å²) in [7, 11) is 0. The van der Waals surface area contributed by atoms with Crippen LogP contribution in [-0.2, 0) is 19.1 Å². The van der Waals surface area contributed by atoms with E-state index < -0.39 is 76.3 Å². The van der Waals surface area contributed by atoms with Gasteiger partial charge in [-0.2, -0.15) is 0 Å². The van der Waals surface area contributed by atoms with E-state index in [0.29, 0.717) is 0 Å². The number of aliphatic hydroxyl groups excluding tert-OH is 1. The summed E-state index contributed by atoms with van der Waals surface area (Å²) < 4.78 is 37.2. The molecule has 0 aromatic heterocycles. The van der Waals surface area contributed by atoms with Crippen molar-refractivity contribution >= 4 is 17.5 Å². The second-order valence-electron chi connectivity index (χ2n) is 10.5. The molecule has 176 valence electrons. The third-order valence-electron chi connectivity index (χ3n) is 9.04. The van der Waals surface area contributed by atoms with Crippen molar-refractivity contribution < 1.29 is 38.1 Å². The van der Waals surface area contributed by atoms with Crippen molar-refractivity contribution in [1.29, 1.82) is 0 Å². The van der Waals surface area contributed by atoms with Crippen molar-refractivity contribution in [3.63, 3.8) is 0 Å². The van der Waals surface area contributed by atoms with Crippen molar-refractivity contribution in [2.45, 2.75) is 70.5 Å². The fraction of sp³-hybridized carbons (Fsp3) is 0.708. The number of halogens is 2. The summed E-state index contributed by atoms with van der Waals surface area (Å²) in [5.41, 5.74) is -6.97. The summed E-state index contributed by atoms with van der Waals surface area (Å²) >= 11 is 0. The number of alkyl halides is 2. The Hall–Kier alpha value is -1.93. The number of carbonyl (C=O) groups excluding carboxylic acids is 3. The van der Waals surface area contributed by atoms with E-state index in [4.69, 9.17) is 4.74 Å². The highest BCUT2D eigenvalue weighted by Gasteiger charge is 2.76. The van der Waals surface area contributed by atoms with Crippen LogP contribution in [0.4, 0.5) is 8.78 Å². The predicted octanol–water partition coefficient (Wildman–Crippen LogP) is 2.41. The molecule has 4 aliphatic carbocycles. The maximum atomic E-state index is 17.0. The Morgan fingerprint density at radius 1 is 1.25 bits per heavy atom. The third kappa shape index (κ3) is 2.65. The van der Waals surface area contributed by atoms with Crippen LogP contribution in [-0.4, -0.2) is 57.9 Å². The number of aliphatic hydroxyl groups is 2. The van der Waals surface area contributed by atoms with Gasteiger partial charge in [0.05, 0.1) is 6.10 Å². The van der Waals surface area contributed by atoms with Gasteiger partial charge in [0.25, 0.3) is 0 Å². The number of carbonyl (C=O) groups is 3. The Balaban J connectivity index is 1.79.